The molecule has 0 amide bonds. The summed E-state index contributed by atoms with van der Waals surface area (Å²) in [7, 11) is 0. The van der Waals surface area contributed by atoms with Crippen LogP contribution in [-0.2, 0) is 33.2 Å². The van der Waals surface area contributed by atoms with E-state index in [1.165, 1.54) is 193 Å². The number of hydrogen-bond acceptors (Lipinski definition) is 14. The Kier molecular flexibility index (Phi) is 43.5. The maximum atomic E-state index is 13.0. The molecule has 2 heterocycles. The van der Waals surface area contributed by atoms with Crippen molar-refractivity contribution in [3.05, 3.63) is 12.2 Å². The van der Waals surface area contributed by atoms with Crippen LogP contribution in [0.1, 0.15) is 258 Å². The summed E-state index contributed by atoms with van der Waals surface area (Å²) in [5, 5.41) is 72.3. The number of rotatable bonds is 50. The summed E-state index contributed by atoms with van der Waals surface area (Å²) < 4.78 is 34.4. The number of aliphatic hydroxyl groups excluding tert-OH is 7. The van der Waals surface area contributed by atoms with Crippen LogP contribution in [0.25, 0.3) is 0 Å². The molecule has 7 N–H and O–H groups in total. The van der Waals surface area contributed by atoms with E-state index >= 15 is 0 Å². The van der Waals surface area contributed by atoms with E-state index in [2.05, 4.69) is 26.0 Å². The van der Waals surface area contributed by atoms with Crippen LogP contribution in [0.3, 0.4) is 0 Å². The highest BCUT2D eigenvalue weighted by atomic mass is 16.7. The summed E-state index contributed by atoms with van der Waals surface area (Å²) in [4.78, 5) is 13.0. The van der Waals surface area contributed by atoms with Crippen LogP contribution in [0.5, 0.6) is 0 Å². The molecule has 432 valence electrons. The molecule has 2 saturated heterocycles. The molecular weight excluding hydrogens is 933 g/mol. The van der Waals surface area contributed by atoms with Crippen molar-refractivity contribution in [2.45, 2.75) is 325 Å². The van der Waals surface area contributed by atoms with Gasteiger partial charge in [-0.1, -0.05) is 225 Å². The van der Waals surface area contributed by atoms with E-state index < -0.39 is 80.7 Å². The van der Waals surface area contributed by atoms with Crippen LogP contribution in [0, 0.1) is 0 Å². The van der Waals surface area contributed by atoms with Gasteiger partial charge >= 0.3 is 5.97 Å². The first-order valence-electron chi connectivity index (χ1n) is 30.3. The highest BCUT2D eigenvalue weighted by Crippen LogP contribution is 2.27. The molecule has 0 aromatic heterocycles. The normalized spacial score (nSPS) is 24.9. The molecule has 0 aromatic carbocycles. The van der Waals surface area contributed by atoms with Crippen molar-refractivity contribution in [1.29, 1.82) is 0 Å². The number of carbonyl (C=O) groups excluding carboxylic acids is 1. The average molecular weight is 1050 g/mol. The number of ether oxygens (including phenoxy) is 6. The Labute approximate surface area is 444 Å². The predicted octanol–water partition coefficient (Wildman–Crippen LogP) is 11.0. The predicted molar refractivity (Wildman–Crippen MR) is 289 cm³/mol. The quantitative estimate of drug-likeness (QED) is 0.0172. The van der Waals surface area contributed by atoms with Crippen molar-refractivity contribution in [1.82, 2.24) is 0 Å². The molecule has 11 atom stereocenters. The van der Waals surface area contributed by atoms with Gasteiger partial charge in [0.05, 0.1) is 26.4 Å². The van der Waals surface area contributed by atoms with Gasteiger partial charge < -0.3 is 64.2 Å². The zero-order chi connectivity index (χ0) is 53.0. The van der Waals surface area contributed by atoms with E-state index in [4.69, 9.17) is 28.4 Å². The summed E-state index contributed by atoms with van der Waals surface area (Å²) in [6.45, 7) is 3.74. The SMILES string of the molecule is CCCCCCCCCC/C=C\CCCCCCCCCCCCCCCCOCC(COC1OC(COC2OC(CO)C(O)C(O)C2O)C(O)C(O)C1O)OC(=O)CCCCCCCCCCCCCCC. The molecular formula is C59H112O14. The van der Waals surface area contributed by atoms with E-state index in [9.17, 15) is 40.5 Å². The maximum absolute atomic E-state index is 13.0. The standard InChI is InChI=1S/C59H112O14/c1-3-5-7-9-11-13-15-17-18-19-20-21-22-23-24-25-26-27-28-29-31-33-35-37-39-41-43-68-45-48(71-51(61)42-40-38-36-34-32-30-16-14-12-10-8-6-4-2)46-69-58-57(67)55(65)53(63)50(73-58)47-70-59-56(66)54(64)52(62)49(44-60)72-59/h19-20,48-50,52-60,62-67H,3-18,21-47H2,1-2H3/b20-19-. The highest BCUT2D eigenvalue weighted by Gasteiger charge is 2.47. The van der Waals surface area contributed by atoms with Crippen molar-refractivity contribution in [2.24, 2.45) is 0 Å². The van der Waals surface area contributed by atoms with Crippen LogP contribution < -0.4 is 0 Å². The molecule has 0 aliphatic carbocycles. The summed E-state index contributed by atoms with van der Waals surface area (Å²) in [6.07, 6.45) is 35.7. The fourth-order valence-corrected chi connectivity index (χ4v) is 9.87. The van der Waals surface area contributed by atoms with Crippen molar-refractivity contribution < 1.29 is 69.0 Å². The Morgan fingerprint density at radius 3 is 1.25 bits per heavy atom. The van der Waals surface area contributed by atoms with Gasteiger partial charge in [0.25, 0.3) is 0 Å². The molecule has 0 bridgehead atoms. The van der Waals surface area contributed by atoms with E-state index in [1.807, 2.05) is 0 Å². The number of aliphatic hydroxyl groups is 7. The lowest BCUT2D eigenvalue weighted by Crippen LogP contribution is -2.61. The second-order valence-electron chi connectivity index (χ2n) is 21.5. The van der Waals surface area contributed by atoms with Crippen LogP contribution in [0.4, 0.5) is 0 Å². The van der Waals surface area contributed by atoms with Gasteiger partial charge in [-0.25, -0.2) is 0 Å². The molecule has 0 radical (unpaired) electrons. The fraction of sp³-hybridized carbons (Fsp3) is 0.949. The van der Waals surface area contributed by atoms with Crippen LogP contribution >= 0.6 is 0 Å². The van der Waals surface area contributed by atoms with Gasteiger partial charge in [-0.3, -0.25) is 4.79 Å². The first-order chi connectivity index (χ1) is 35.6. The Hall–Kier alpha value is -1.27. The summed E-state index contributed by atoms with van der Waals surface area (Å²) >= 11 is 0. The Morgan fingerprint density at radius 1 is 0.438 bits per heavy atom. The topological polar surface area (TPSA) is 214 Å². The lowest BCUT2D eigenvalue weighted by atomic mass is 9.98. The average Bonchev–Trinajstić information content (AvgIpc) is 3.39. The fourth-order valence-electron chi connectivity index (χ4n) is 9.87. The van der Waals surface area contributed by atoms with Gasteiger partial charge in [-0.15, -0.1) is 0 Å². The Balaban J connectivity index is 1.65. The minimum Gasteiger partial charge on any atom is -0.457 e. The first kappa shape index (κ1) is 67.8. The van der Waals surface area contributed by atoms with Crippen molar-refractivity contribution >= 4 is 5.97 Å². The van der Waals surface area contributed by atoms with Gasteiger partial charge in [0.15, 0.2) is 12.6 Å². The van der Waals surface area contributed by atoms with Crippen molar-refractivity contribution in [3.8, 4) is 0 Å². The highest BCUT2D eigenvalue weighted by molar-refractivity contribution is 5.69. The van der Waals surface area contributed by atoms with Gasteiger partial charge in [0, 0.05) is 13.0 Å². The van der Waals surface area contributed by atoms with Gasteiger partial charge in [0.1, 0.15) is 54.9 Å². The van der Waals surface area contributed by atoms with E-state index in [-0.39, 0.29) is 25.6 Å². The zero-order valence-corrected chi connectivity index (χ0v) is 46.4. The number of carbonyl (C=O) groups is 1. The van der Waals surface area contributed by atoms with Gasteiger partial charge in [0.2, 0.25) is 0 Å². The lowest BCUT2D eigenvalue weighted by molar-refractivity contribution is -0.332. The van der Waals surface area contributed by atoms with Crippen molar-refractivity contribution in [2.75, 3.05) is 33.0 Å². The molecule has 0 saturated carbocycles. The monoisotopic (exact) mass is 1040 g/mol. The first-order valence-corrected chi connectivity index (χ1v) is 30.3. The molecule has 2 aliphatic rings. The number of allylic oxidation sites excluding steroid dienone is 2. The summed E-state index contributed by atoms with van der Waals surface area (Å²) in [6, 6.07) is 0. The molecule has 14 heteroatoms. The number of hydrogen-bond donors (Lipinski definition) is 7. The maximum Gasteiger partial charge on any atom is 0.306 e. The third kappa shape index (κ3) is 33.6. The molecule has 14 nitrogen and oxygen atoms in total. The summed E-state index contributed by atoms with van der Waals surface area (Å²) in [5.74, 6) is -0.371. The number of unbranched alkanes of at least 4 members (excludes halogenated alkanes) is 34. The smallest absolute Gasteiger partial charge is 0.306 e. The lowest BCUT2D eigenvalue weighted by Gasteiger charge is -2.42. The van der Waals surface area contributed by atoms with Crippen LogP contribution in [0.15, 0.2) is 12.2 Å². The van der Waals surface area contributed by atoms with Crippen molar-refractivity contribution in [3.63, 3.8) is 0 Å². The van der Waals surface area contributed by atoms with Gasteiger partial charge in [-0.2, -0.15) is 0 Å². The number of esters is 1. The van der Waals surface area contributed by atoms with E-state index in [0.29, 0.717) is 13.0 Å². The van der Waals surface area contributed by atoms with Gasteiger partial charge in [-0.05, 0) is 38.5 Å². The van der Waals surface area contributed by atoms with Crippen LogP contribution in [0.2, 0.25) is 0 Å². The molecule has 2 aliphatic heterocycles. The third-order valence-corrected chi connectivity index (χ3v) is 14.8. The molecule has 0 spiro atoms. The minimum atomic E-state index is -1.70. The third-order valence-electron chi connectivity index (χ3n) is 14.8. The second-order valence-corrected chi connectivity index (χ2v) is 21.5. The molecule has 11 unspecified atom stereocenters. The molecule has 2 rings (SSSR count). The van der Waals surface area contributed by atoms with E-state index in [1.54, 1.807) is 0 Å². The molecule has 0 aromatic rings. The Bertz CT molecular complexity index is 1260. The van der Waals surface area contributed by atoms with E-state index in [0.717, 1.165) is 38.5 Å². The molecule has 2 fully saturated rings. The summed E-state index contributed by atoms with van der Waals surface area (Å²) in [5.41, 5.74) is 0. The Morgan fingerprint density at radius 2 is 0.808 bits per heavy atom. The largest absolute Gasteiger partial charge is 0.457 e. The zero-order valence-electron chi connectivity index (χ0n) is 46.4. The molecule has 73 heavy (non-hydrogen) atoms. The minimum absolute atomic E-state index is 0.0682. The van der Waals surface area contributed by atoms with Crippen LogP contribution in [-0.4, -0.2) is 142 Å². The second kappa shape index (κ2) is 46.8.